The number of benzene rings is 1. The molecule has 1 aromatic heterocycles. The van der Waals surface area contributed by atoms with Crippen molar-refractivity contribution in [1.82, 2.24) is 0 Å². The van der Waals surface area contributed by atoms with E-state index >= 15 is 0 Å². The fraction of sp³-hybridized carbons (Fsp3) is 0.100. The van der Waals surface area contributed by atoms with Crippen LogP contribution in [0.5, 0.6) is 0 Å². The lowest BCUT2D eigenvalue weighted by Gasteiger charge is -2.10. The Bertz CT molecular complexity index is 553. The lowest BCUT2D eigenvalue weighted by Crippen LogP contribution is -2.26. The van der Waals surface area contributed by atoms with Gasteiger partial charge in [-0.25, -0.2) is 0 Å². The van der Waals surface area contributed by atoms with Crippen LogP contribution in [-0.2, 0) is 6.18 Å². The van der Waals surface area contributed by atoms with E-state index in [4.69, 9.17) is 11.6 Å². The molecule has 84 valence electrons. The van der Waals surface area contributed by atoms with Crippen LogP contribution < -0.4 is 4.73 Å². The molecule has 0 unspecified atom stereocenters. The number of aromatic nitrogens is 1. The van der Waals surface area contributed by atoms with Crippen LogP contribution in [0, 0.1) is 5.21 Å². The van der Waals surface area contributed by atoms with Crippen molar-refractivity contribution in [2.75, 3.05) is 0 Å². The predicted molar refractivity (Wildman–Crippen MR) is 52.9 cm³/mol. The molecule has 6 heteroatoms. The van der Waals surface area contributed by atoms with E-state index in [-0.39, 0.29) is 10.9 Å². The molecule has 0 aliphatic carbocycles. The van der Waals surface area contributed by atoms with E-state index in [2.05, 4.69) is 0 Å². The number of fused-ring (bicyclic) bond motifs is 1. The highest BCUT2D eigenvalue weighted by Gasteiger charge is 2.34. The van der Waals surface area contributed by atoms with E-state index in [0.29, 0.717) is 4.73 Å². The summed E-state index contributed by atoms with van der Waals surface area (Å²) >= 11 is 5.63. The summed E-state index contributed by atoms with van der Waals surface area (Å²) in [5.41, 5.74) is -0.826. The van der Waals surface area contributed by atoms with Crippen molar-refractivity contribution in [3.05, 3.63) is 46.3 Å². The first kappa shape index (κ1) is 11.0. The summed E-state index contributed by atoms with van der Waals surface area (Å²) in [7, 11) is 0. The Balaban J connectivity index is 2.81. The molecule has 1 aromatic carbocycles. The topological polar surface area (TPSA) is 26.9 Å². The quantitative estimate of drug-likeness (QED) is 0.519. The number of pyridine rings is 1. The molecule has 16 heavy (non-hydrogen) atoms. The zero-order chi connectivity index (χ0) is 11.9. The maximum Gasteiger partial charge on any atom is 0.417 e. The van der Waals surface area contributed by atoms with Crippen LogP contribution in [0.15, 0.2) is 30.5 Å². The highest BCUT2D eigenvalue weighted by Crippen LogP contribution is 2.37. The molecule has 0 amide bonds. The maximum atomic E-state index is 12.5. The molecule has 0 spiro atoms. The molecule has 0 saturated carbocycles. The van der Waals surface area contributed by atoms with Crippen LogP contribution >= 0.6 is 11.6 Å². The molecule has 0 fully saturated rings. The van der Waals surface area contributed by atoms with Gasteiger partial charge >= 0.3 is 6.18 Å². The van der Waals surface area contributed by atoms with Gasteiger partial charge < -0.3 is 5.21 Å². The van der Waals surface area contributed by atoms with Gasteiger partial charge in [0.1, 0.15) is 0 Å². The first-order valence-corrected chi connectivity index (χ1v) is 4.66. The summed E-state index contributed by atoms with van der Waals surface area (Å²) in [4.78, 5) is 0. The second-order valence-electron chi connectivity index (χ2n) is 3.19. The smallest absolute Gasteiger partial charge is 0.417 e. The number of rotatable bonds is 0. The Labute approximate surface area is 93.5 Å². The third-order valence-electron chi connectivity index (χ3n) is 2.18. The van der Waals surface area contributed by atoms with E-state index < -0.39 is 16.8 Å². The Morgan fingerprint density at radius 3 is 2.50 bits per heavy atom. The number of halogens is 4. The lowest BCUT2D eigenvalue weighted by atomic mass is 10.1. The fourth-order valence-corrected chi connectivity index (χ4v) is 1.78. The minimum absolute atomic E-state index is 0.0917. The first-order chi connectivity index (χ1) is 7.41. The first-order valence-electron chi connectivity index (χ1n) is 4.29. The van der Waals surface area contributed by atoms with Crippen LogP contribution in [0.2, 0.25) is 5.02 Å². The highest BCUT2D eigenvalue weighted by molar-refractivity contribution is 6.36. The average molecular weight is 248 g/mol. The summed E-state index contributed by atoms with van der Waals surface area (Å²) in [6.07, 6.45) is -3.32. The van der Waals surface area contributed by atoms with Gasteiger partial charge in [0.15, 0.2) is 6.20 Å². The molecule has 2 nitrogen and oxygen atoms in total. The van der Waals surface area contributed by atoms with Gasteiger partial charge in [-0.05, 0) is 12.1 Å². The molecule has 0 radical (unpaired) electrons. The third-order valence-corrected chi connectivity index (χ3v) is 2.59. The molecule has 0 atom stereocenters. The largest absolute Gasteiger partial charge is 0.618 e. The molecule has 0 aliphatic heterocycles. The van der Waals surface area contributed by atoms with E-state index in [0.717, 1.165) is 12.1 Å². The van der Waals surface area contributed by atoms with Crippen LogP contribution in [0.3, 0.4) is 0 Å². The van der Waals surface area contributed by atoms with Gasteiger partial charge in [-0.3, -0.25) is 0 Å². The molecule has 0 aliphatic rings. The minimum Gasteiger partial charge on any atom is -0.618 e. The van der Waals surface area contributed by atoms with Gasteiger partial charge in [-0.15, -0.1) is 0 Å². The van der Waals surface area contributed by atoms with Gasteiger partial charge in [0.05, 0.1) is 16.0 Å². The molecular formula is C10H5ClF3NO. The minimum atomic E-state index is -4.52. The van der Waals surface area contributed by atoms with Gasteiger partial charge in [0.2, 0.25) is 5.52 Å². The monoisotopic (exact) mass is 247 g/mol. The van der Waals surface area contributed by atoms with Crippen LogP contribution in [-0.4, -0.2) is 0 Å². The normalized spacial score (nSPS) is 12.0. The SMILES string of the molecule is [O-][n+]1cccc2c(Cl)c(C(F)(F)F)ccc21. The lowest BCUT2D eigenvalue weighted by molar-refractivity contribution is -0.577. The summed E-state index contributed by atoms with van der Waals surface area (Å²) in [6.45, 7) is 0. The van der Waals surface area contributed by atoms with Crippen LogP contribution in [0.1, 0.15) is 5.56 Å². The van der Waals surface area contributed by atoms with Crippen molar-refractivity contribution in [2.45, 2.75) is 6.18 Å². The van der Waals surface area contributed by atoms with Crippen molar-refractivity contribution in [1.29, 1.82) is 0 Å². The highest BCUT2D eigenvalue weighted by atomic mass is 35.5. The summed E-state index contributed by atoms with van der Waals surface area (Å²) in [5, 5.41) is 10.9. The van der Waals surface area contributed by atoms with Crippen molar-refractivity contribution in [3.63, 3.8) is 0 Å². The predicted octanol–water partition coefficient (Wildman–Crippen LogP) is 3.15. The second-order valence-corrected chi connectivity index (χ2v) is 3.57. The molecule has 0 saturated heterocycles. The Kier molecular flexibility index (Phi) is 2.42. The molecule has 0 bridgehead atoms. The summed E-state index contributed by atoms with van der Waals surface area (Å²) in [6, 6.07) is 4.64. The van der Waals surface area contributed by atoms with E-state index in [1.165, 1.54) is 18.3 Å². The Morgan fingerprint density at radius 1 is 1.19 bits per heavy atom. The number of alkyl halides is 3. The summed E-state index contributed by atoms with van der Waals surface area (Å²) < 4.78 is 38.0. The molecule has 1 heterocycles. The van der Waals surface area contributed by atoms with Gasteiger partial charge in [0, 0.05) is 12.1 Å². The zero-order valence-electron chi connectivity index (χ0n) is 7.75. The van der Waals surface area contributed by atoms with Crippen molar-refractivity contribution in [3.8, 4) is 0 Å². The van der Waals surface area contributed by atoms with Gasteiger partial charge in [0.25, 0.3) is 0 Å². The second kappa shape index (κ2) is 3.52. The Hall–Kier alpha value is -1.49. The molecule has 2 rings (SSSR count). The fourth-order valence-electron chi connectivity index (χ4n) is 1.45. The van der Waals surface area contributed by atoms with Crippen LogP contribution in [0.25, 0.3) is 10.9 Å². The van der Waals surface area contributed by atoms with E-state index in [1.807, 2.05) is 0 Å². The van der Waals surface area contributed by atoms with Crippen LogP contribution in [0.4, 0.5) is 13.2 Å². The van der Waals surface area contributed by atoms with Crippen molar-refractivity contribution >= 4 is 22.5 Å². The average Bonchev–Trinajstić information content (AvgIpc) is 2.18. The van der Waals surface area contributed by atoms with Crippen molar-refractivity contribution < 1.29 is 17.9 Å². The summed E-state index contributed by atoms with van der Waals surface area (Å²) in [5.74, 6) is 0. The molecule has 0 N–H and O–H groups in total. The number of nitrogens with zero attached hydrogens (tertiary/aromatic N) is 1. The zero-order valence-corrected chi connectivity index (χ0v) is 8.51. The molecular weight excluding hydrogens is 243 g/mol. The third kappa shape index (κ3) is 1.67. The maximum absolute atomic E-state index is 12.5. The number of hydrogen-bond acceptors (Lipinski definition) is 1. The number of hydrogen-bond donors (Lipinski definition) is 0. The standard InChI is InChI=1S/C10H5ClF3NO/c11-9-6-2-1-5-15(16)8(6)4-3-7(9)10(12,13)14/h1-5H. The Morgan fingerprint density at radius 2 is 1.88 bits per heavy atom. The van der Waals surface area contributed by atoms with Crippen molar-refractivity contribution in [2.24, 2.45) is 0 Å². The van der Waals surface area contributed by atoms with E-state index in [9.17, 15) is 18.4 Å². The van der Waals surface area contributed by atoms with E-state index in [1.54, 1.807) is 0 Å². The van der Waals surface area contributed by atoms with Gasteiger partial charge in [-0.2, -0.15) is 17.9 Å². The van der Waals surface area contributed by atoms with Gasteiger partial charge in [-0.1, -0.05) is 11.6 Å². The molecule has 2 aromatic rings.